The van der Waals surface area contributed by atoms with Gasteiger partial charge in [-0.2, -0.15) is 5.10 Å². The molecule has 2 N–H and O–H groups in total. The van der Waals surface area contributed by atoms with Gasteiger partial charge in [-0.05, 0) is 31.0 Å². The maximum Gasteiger partial charge on any atom is 0.150 e. The Balaban J connectivity index is 2.33. The summed E-state index contributed by atoms with van der Waals surface area (Å²) < 4.78 is 1.86. The molecule has 0 fully saturated rings. The number of rotatable bonds is 5. The van der Waals surface area contributed by atoms with Crippen LogP contribution in [0.2, 0.25) is 5.02 Å². The van der Waals surface area contributed by atoms with Crippen LogP contribution in [0.3, 0.4) is 0 Å². The van der Waals surface area contributed by atoms with Crippen LogP contribution >= 0.6 is 11.6 Å². The molecule has 2 rings (SSSR count). The Morgan fingerprint density at radius 1 is 1.43 bits per heavy atom. The van der Waals surface area contributed by atoms with Crippen LogP contribution in [0, 0.1) is 0 Å². The van der Waals surface area contributed by atoms with Crippen molar-refractivity contribution in [3.8, 4) is 0 Å². The number of anilines is 2. The van der Waals surface area contributed by atoms with Crippen LogP contribution in [-0.2, 0) is 13.5 Å². The second-order valence-electron chi connectivity index (χ2n) is 5.40. The molecule has 0 saturated carbocycles. The first-order chi connectivity index (χ1) is 9.95. The van der Waals surface area contributed by atoms with Crippen LogP contribution in [-0.4, -0.2) is 16.8 Å². The molecule has 0 aliphatic rings. The van der Waals surface area contributed by atoms with Crippen molar-refractivity contribution in [2.45, 2.75) is 32.7 Å². The fraction of sp³-hybridized carbons (Fsp3) is 0.438. The number of nitrogens with zero attached hydrogens (tertiary/aromatic N) is 3. The quantitative estimate of drug-likeness (QED) is 0.914. The summed E-state index contributed by atoms with van der Waals surface area (Å²) in [5.74, 6) is 0.950. The molecule has 1 unspecified atom stereocenters. The second-order valence-corrected chi connectivity index (χ2v) is 5.84. The van der Waals surface area contributed by atoms with Gasteiger partial charge < -0.3 is 10.6 Å². The minimum absolute atomic E-state index is 0.163. The van der Waals surface area contributed by atoms with Gasteiger partial charge in [0.15, 0.2) is 5.82 Å². The summed E-state index contributed by atoms with van der Waals surface area (Å²) in [6, 6.07) is 8.08. The molecule has 0 spiro atoms. The van der Waals surface area contributed by atoms with Crippen LogP contribution in [0.1, 0.15) is 37.6 Å². The van der Waals surface area contributed by atoms with Crippen molar-refractivity contribution in [3.05, 3.63) is 40.5 Å². The standard InChI is InChI=1S/C16H23ClN4/c1-5-7-14-15(18)16(21(4)19-14)20(3)11(2)12-8-6-9-13(17)10-12/h6,8-11H,5,7,18H2,1-4H3. The monoisotopic (exact) mass is 306 g/mol. The molecule has 1 aromatic heterocycles. The number of halogens is 1. The van der Waals surface area contributed by atoms with Gasteiger partial charge >= 0.3 is 0 Å². The van der Waals surface area contributed by atoms with E-state index < -0.39 is 0 Å². The number of hydrogen-bond acceptors (Lipinski definition) is 3. The van der Waals surface area contributed by atoms with E-state index >= 15 is 0 Å². The van der Waals surface area contributed by atoms with Crippen molar-refractivity contribution in [3.63, 3.8) is 0 Å². The molecule has 114 valence electrons. The van der Waals surface area contributed by atoms with E-state index in [1.807, 2.05) is 37.0 Å². The Bertz CT molecular complexity index is 621. The molecule has 0 aliphatic heterocycles. The molecule has 4 nitrogen and oxygen atoms in total. The highest BCUT2D eigenvalue weighted by molar-refractivity contribution is 6.30. The lowest BCUT2D eigenvalue weighted by atomic mass is 10.1. The first-order valence-electron chi connectivity index (χ1n) is 7.25. The van der Waals surface area contributed by atoms with Crippen LogP contribution in [0.5, 0.6) is 0 Å². The van der Waals surface area contributed by atoms with Gasteiger partial charge in [-0.1, -0.05) is 37.1 Å². The lowest BCUT2D eigenvalue weighted by molar-refractivity contribution is 0.669. The summed E-state index contributed by atoms with van der Waals surface area (Å²) in [5, 5.41) is 5.29. The van der Waals surface area contributed by atoms with E-state index in [4.69, 9.17) is 17.3 Å². The van der Waals surface area contributed by atoms with Gasteiger partial charge in [0.25, 0.3) is 0 Å². The molecular weight excluding hydrogens is 284 g/mol. The number of hydrogen-bond donors (Lipinski definition) is 1. The van der Waals surface area contributed by atoms with Crippen LogP contribution in [0.4, 0.5) is 11.5 Å². The Morgan fingerprint density at radius 2 is 2.14 bits per heavy atom. The molecule has 1 atom stereocenters. The number of nitrogens with two attached hydrogens (primary N) is 1. The summed E-state index contributed by atoms with van der Waals surface area (Å²) >= 11 is 6.09. The first kappa shape index (κ1) is 15.7. The largest absolute Gasteiger partial charge is 0.394 e. The third-order valence-electron chi connectivity index (χ3n) is 3.86. The topological polar surface area (TPSA) is 47.1 Å². The van der Waals surface area contributed by atoms with Gasteiger partial charge in [0.05, 0.1) is 17.4 Å². The molecule has 1 aromatic carbocycles. The molecule has 5 heteroatoms. The van der Waals surface area contributed by atoms with Crippen LogP contribution in [0.15, 0.2) is 24.3 Å². The number of aryl methyl sites for hydroxylation is 2. The minimum atomic E-state index is 0.163. The molecule has 0 amide bonds. The molecule has 21 heavy (non-hydrogen) atoms. The van der Waals surface area contributed by atoms with E-state index in [0.717, 1.165) is 40.6 Å². The Kier molecular flexibility index (Phi) is 4.78. The summed E-state index contributed by atoms with van der Waals surface area (Å²) in [6.07, 6.45) is 1.94. The van der Waals surface area contributed by atoms with E-state index in [2.05, 4.69) is 29.9 Å². The van der Waals surface area contributed by atoms with Crippen molar-refractivity contribution in [1.29, 1.82) is 0 Å². The van der Waals surface area contributed by atoms with Crippen molar-refractivity contribution in [2.24, 2.45) is 7.05 Å². The maximum absolute atomic E-state index is 6.29. The molecule has 2 aromatic rings. The lowest BCUT2D eigenvalue weighted by Crippen LogP contribution is -2.24. The fourth-order valence-corrected chi connectivity index (χ4v) is 2.80. The van der Waals surface area contributed by atoms with Gasteiger partial charge in [-0.15, -0.1) is 0 Å². The van der Waals surface area contributed by atoms with Crippen molar-refractivity contribution < 1.29 is 0 Å². The van der Waals surface area contributed by atoms with Crippen molar-refractivity contribution in [2.75, 3.05) is 17.7 Å². The predicted molar refractivity (Wildman–Crippen MR) is 89.9 cm³/mol. The molecule has 0 saturated heterocycles. The zero-order valence-electron chi connectivity index (χ0n) is 13.1. The lowest BCUT2D eigenvalue weighted by Gasteiger charge is -2.27. The van der Waals surface area contributed by atoms with E-state index in [-0.39, 0.29) is 6.04 Å². The minimum Gasteiger partial charge on any atom is -0.394 e. The number of nitrogen functional groups attached to an aromatic ring is 1. The zero-order valence-corrected chi connectivity index (χ0v) is 13.9. The molecule has 1 heterocycles. The number of aromatic nitrogens is 2. The zero-order chi connectivity index (χ0) is 15.6. The van der Waals surface area contributed by atoms with Crippen molar-refractivity contribution >= 4 is 23.1 Å². The van der Waals surface area contributed by atoms with Crippen LogP contribution < -0.4 is 10.6 Å². The van der Waals surface area contributed by atoms with Gasteiger partial charge in [0.2, 0.25) is 0 Å². The smallest absolute Gasteiger partial charge is 0.150 e. The van der Waals surface area contributed by atoms with Crippen LogP contribution in [0.25, 0.3) is 0 Å². The van der Waals surface area contributed by atoms with Crippen molar-refractivity contribution in [1.82, 2.24) is 9.78 Å². The highest BCUT2D eigenvalue weighted by atomic mass is 35.5. The third-order valence-corrected chi connectivity index (χ3v) is 4.10. The van der Waals surface area contributed by atoms with Gasteiger partial charge in [-0.25, -0.2) is 0 Å². The molecule has 0 radical (unpaired) electrons. The van der Waals surface area contributed by atoms with Gasteiger partial charge in [0.1, 0.15) is 0 Å². The SMILES string of the molecule is CCCc1nn(C)c(N(C)C(C)c2cccc(Cl)c2)c1N. The molecule has 0 aliphatic carbocycles. The fourth-order valence-electron chi connectivity index (χ4n) is 2.60. The highest BCUT2D eigenvalue weighted by Crippen LogP contribution is 2.32. The maximum atomic E-state index is 6.29. The van der Waals surface area contributed by atoms with E-state index in [9.17, 15) is 0 Å². The predicted octanol–water partition coefficient (Wildman–Crippen LogP) is 3.81. The first-order valence-corrected chi connectivity index (χ1v) is 7.63. The summed E-state index contributed by atoms with van der Waals surface area (Å²) in [4.78, 5) is 2.15. The van der Waals surface area contributed by atoms with E-state index in [1.54, 1.807) is 0 Å². The number of benzene rings is 1. The Hall–Kier alpha value is -1.68. The summed E-state index contributed by atoms with van der Waals surface area (Å²) in [5.41, 5.74) is 9.19. The second kappa shape index (κ2) is 6.39. The normalized spacial score (nSPS) is 12.4. The summed E-state index contributed by atoms with van der Waals surface area (Å²) in [6.45, 7) is 4.27. The molecule has 0 bridgehead atoms. The van der Waals surface area contributed by atoms with E-state index in [0.29, 0.717) is 0 Å². The van der Waals surface area contributed by atoms with Gasteiger partial charge in [0, 0.05) is 19.1 Å². The average Bonchev–Trinajstić information content (AvgIpc) is 2.72. The van der Waals surface area contributed by atoms with Gasteiger partial charge in [-0.3, -0.25) is 4.68 Å². The molecular formula is C16H23ClN4. The Morgan fingerprint density at radius 3 is 2.76 bits per heavy atom. The highest BCUT2D eigenvalue weighted by Gasteiger charge is 2.21. The summed E-state index contributed by atoms with van der Waals surface area (Å²) in [7, 11) is 3.97. The average molecular weight is 307 g/mol. The Labute approximate surface area is 131 Å². The van der Waals surface area contributed by atoms with E-state index in [1.165, 1.54) is 0 Å². The third kappa shape index (κ3) is 3.16.